The number of methoxy groups -OCH3 is 2. The normalized spacial score (nSPS) is 16.0. The van der Waals surface area contributed by atoms with Crippen molar-refractivity contribution in [3.05, 3.63) is 63.6 Å². The summed E-state index contributed by atoms with van der Waals surface area (Å²) in [4.78, 5) is 25.4. The first-order valence-electron chi connectivity index (χ1n) is 8.95. The standard InChI is InChI=1S/C21H21BrN2O5/c1-4-29-20(25)17-18(12-8-6-5-7-9-12)23-21(26)24-19(17)13-10-15(27-2)16(28-3)11-14(13)22/h5-11,19H,4H2,1-3H3,(H2,23,24,26). The van der Waals surface area contributed by atoms with Crippen LogP contribution >= 0.6 is 15.9 Å². The first kappa shape index (κ1) is 20.7. The second-order valence-corrected chi connectivity index (χ2v) is 6.99. The Bertz CT molecular complexity index is 959. The van der Waals surface area contributed by atoms with Crippen LogP contribution in [0.1, 0.15) is 24.1 Å². The third kappa shape index (κ3) is 4.22. The van der Waals surface area contributed by atoms with Crippen LogP contribution in [0.4, 0.5) is 4.79 Å². The van der Waals surface area contributed by atoms with Gasteiger partial charge in [-0.05, 0) is 30.2 Å². The number of hydrogen-bond acceptors (Lipinski definition) is 5. The molecule has 0 fully saturated rings. The van der Waals surface area contributed by atoms with Gasteiger partial charge in [-0.3, -0.25) is 0 Å². The summed E-state index contributed by atoms with van der Waals surface area (Å²) in [6.45, 7) is 1.94. The summed E-state index contributed by atoms with van der Waals surface area (Å²) < 4.78 is 16.7. The molecule has 7 nitrogen and oxygen atoms in total. The quantitative estimate of drug-likeness (QED) is 0.640. The maximum absolute atomic E-state index is 12.9. The van der Waals surface area contributed by atoms with Crippen LogP contribution in [0.3, 0.4) is 0 Å². The number of nitrogens with one attached hydrogen (secondary N) is 2. The molecule has 152 valence electrons. The zero-order chi connectivity index (χ0) is 21.0. The van der Waals surface area contributed by atoms with E-state index in [1.807, 2.05) is 30.3 Å². The number of amides is 2. The molecule has 0 bridgehead atoms. The second kappa shape index (κ2) is 9.00. The molecule has 29 heavy (non-hydrogen) atoms. The Balaban J connectivity index is 2.23. The van der Waals surface area contributed by atoms with Gasteiger partial charge in [0.15, 0.2) is 11.5 Å². The van der Waals surface area contributed by atoms with Gasteiger partial charge in [-0.1, -0.05) is 46.3 Å². The number of ether oxygens (including phenoxy) is 3. The van der Waals surface area contributed by atoms with Crippen molar-refractivity contribution in [1.82, 2.24) is 10.6 Å². The van der Waals surface area contributed by atoms with Crippen molar-refractivity contribution in [2.75, 3.05) is 20.8 Å². The van der Waals surface area contributed by atoms with Crippen molar-refractivity contribution >= 4 is 33.6 Å². The molecule has 0 saturated carbocycles. The van der Waals surface area contributed by atoms with E-state index in [4.69, 9.17) is 14.2 Å². The zero-order valence-corrected chi connectivity index (χ0v) is 17.8. The molecule has 1 aliphatic rings. The highest BCUT2D eigenvalue weighted by molar-refractivity contribution is 9.10. The fourth-order valence-corrected chi connectivity index (χ4v) is 3.70. The highest BCUT2D eigenvalue weighted by Gasteiger charge is 2.35. The minimum absolute atomic E-state index is 0.207. The predicted molar refractivity (Wildman–Crippen MR) is 112 cm³/mol. The van der Waals surface area contributed by atoms with Gasteiger partial charge in [0, 0.05) is 4.47 Å². The molecule has 8 heteroatoms. The van der Waals surface area contributed by atoms with Crippen LogP contribution in [-0.4, -0.2) is 32.8 Å². The predicted octanol–water partition coefficient (Wildman–Crippen LogP) is 3.79. The summed E-state index contributed by atoms with van der Waals surface area (Å²) in [5.41, 5.74) is 2.03. The Kier molecular flexibility index (Phi) is 6.43. The van der Waals surface area contributed by atoms with Gasteiger partial charge in [0.05, 0.1) is 38.1 Å². The SMILES string of the molecule is CCOC(=O)C1=C(c2ccccc2)NC(=O)NC1c1cc(OC)c(OC)cc1Br. The van der Waals surface area contributed by atoms with Crippen LogP contribution in [0, 0.1) is 0 Å². The summed E-state index contributed by atoms with van der Waals surface area (Å²) in [6, 6.07) is 11.4. The van der Waals surface area contributed by atoms with Crippen molar-refractivity contribution in [3.63, 3.8) is 0 Å². The number of urea groups is 1. The van der Waals surface area contributed by atoms with Crippen molar-refractivity contribution in [3.8, 4) is 11.5 Å². The maximum atomic E-state index is 12.9. The molecule has 2 amide bonds. The van der Waals surface area contributed by atoms with E-state index >= 15 is 0 Å². The molecule has 0 radical (unpaired) electrons. The van der Waals surface area contributed by atoms with Crippen molar-refractivity contribution in [2.24, 2.45) is 0 Å². The summed E-state index contributed by atoms with van der Waals surface area (Å²) >= 11 is 3.52. The first-order valence-corrected chi connectivity index (χ1v) is 9.75. The van der Waals surface area contributed by atoms with Gasteiger partial charge in [0.2, 0.25) is 0 Å². The molecule has 1 atom stereocenters. The maximum Gasteiger partial charge on any atom is 0.338 e. The van der Waals surface area contributed by atoms with E-state index in [1.54, 1.807) is 19.1 Å². The number of carbonyl (C=O) groups is 2. The molecule has 0 aromatic heterocycles. The van der Waals surface area contributed by atoms with Crippen LogP contribution in [0.2, 0.25) is 0 Å². The van der Waals surface area contributed by atoms with E-state index in [0.717, 1.165) is 0 Å². The highest BCUT2D eigenvalue weighted by atomic mass is 79.9. The Labute approximate surface area is 177 Å². The molecule has 2 aromatic carbocycles. The average molecular weight is 461 g/mol. The smallest absolute Gasteiger partial charge is 0.338 e. The molecule has 0 saturated heterocycles. The second-order valence-electron chi connectivity index (χ2n) is 6.14. The van der Waals surface area contributed by atoms with E-state index in [9.17, 15) is 9.59 Å². The van der Waals surface area contributed by atoms with Crippen LogP contribution in [0.15, 0.2) is 52.5 Å². The van der Waals surface area contributed by atoms with Crippen LogP contribution < -0.4 is 20.1 Å². The monoisotopic (exact) mass is 460 g/mol. The number of halogens is 1. The van der Waals surface area contributed by atoms with Gasteiger partial charge in [-0.25, -0.2) is 9.59 Å². The Hall–Kier alpha value is -3.00. The molecule has 1 unspecified atom stereocenters. The van der Waals surface area contributed by atoms with Gasteiger partial charge < -0.3 is 24.8 Å². The van der Waals surface area contributed by atoms with Gasteiger partial charge in [-0.15, -0.1) is 0 Å². The van der Waals surface area contributed by atoms with Gasteiger partial charge in [0.25, 0.3) is 0 Å². The Morgan fingerprint density at radius 1 is 1.10 bits per heavy atom. The molecule has 1 heterocycles. The lowest BCUT2D eigenvalue weighted by atomic mass is 9.92. The van der Waals surface area contributed by atoms with E-state index in [1.165, 1.54) is 14.2 Å². The van der Waals surface area contributed by atoms with Crippen molar-refractivity contribution in [1.29, 1.82) is 0 Å². The van der Waals surface area contributed by atoms with E-state index < -0.39 is 18.0 Å². The fraction of sp³-hybridized carbons (Fsp3) is 0.238. The van der Waals surface area contributed by atoms with Gasteiger partial charge in [-0.2, -0.15) is 0 Å². The summed E-state index contributed by atoms with van der Waals surface area (Å²) in [5.74, 6) is 0.474. The van der Waals surface area contributed by atoms with E-state index in [-0.39, 0.29) is 6.61 Å². The number of rotatable bonds is 6. The molecular weight excluding hydrogens is 440 g/mol. The fourth-order valence-electron chi connectivity index (χ4n) is 3.15. The molecule has 0 aliphatic carbocycles. The van der Waals surface area contributed by atoms with Crippen molar-refractivity contribution < 1.29 is 23.8 Å². The molecule has 2 N–H and O–H groups in total. The van der Waals surface area contributed by atoms with Crippen LogP contribution in [0.5, 0.6) is 11.5 Å². The molecule has 0 spiro atoms. The molecule has 1 aliphatic heterocycles. The summed E-state index contributed by atoms with van der Waals surface area (Å²) in [6.07, 6.45) is 0. The third-order valence-corrected chi connectivity index (χ3v) is 5.13. The van der Waals surface area contributed by atoms with Crippen LogP contribution in [0.25, 0.3) is 5.70 Å². The molecule has 2 aromatic rings. The minimum Gasteiger partial charge on any atom is -0.493 e. The lowest BCUT2D eigenvalue weighted by Gasteiger charge is -2.30. The van der Waals surface area contributed by atoms with Crippen molar-refractivity contribution in [2.45, 2.75) is 13.0 Å². The average Bonchev–Trinajstić information content (AvgIpc) is 2.73. The topological polar surface area (TPSA) is 85.9 Å². The summed E-state index contributed by atoms with van der Waals surface area (Å²) in [7, 11) is 3.06. The van der Waals surface area contributed by atoms with E-state index in [2.05, 4.69) is 26.6 Å². The Morgan fingerprint density at radius 2 is 1.76 bits per heavy atom. The number of hydrogen-bond donors (Lipinski definition) is 2. The lowest BCUT2D eigenvalue weighted by Crippen LogP contribution is -2.45. The van der Waals surface area contributed by atoms with Gasteiger partial charge >= 0.3 is 12.0 Å². The third-order valence-electron chi connectivity index (χ3n) is 4.44. The van der Waals surface area contributed by atoms with Gasteiger partial charge in [0.1, 0.15) is 0 Å². The lowest BCUT2D eigenvalue weighted by molar-refractivity contribution is -0.138. The number of carbonyl (C=O) groups excluding carboxylic acids is 2. The number of benzene rings is 2. The first-order chi connectivity index (χ1) is 14.0. The van der Waals surface area contributed by atoms with Crippen LogP contribution in [-0.2, 0) is 9.53 Å². The number of esters is 1. The molecular formula is C21H21BrN2O5. The highest BCUT2D eigenvalue weighted by Crippen LogP contribution is 2.40. The molecule has 3 rings (SSSR count). The summed E-state index contributed by atoms with van der Waals surface area (Å²) in [5, 5.41) is 5.57. The Morgan fingerprint density at radius 3 is 2.38 bits per heavy atom. The largest absolute Gasteiger partial charge is 0.493 e. The zero-order valence-electron chi connectivity index (χ0n) is 16.2. The minimum atomic E-state index is -0.757. The van der Waals surface area contributed by atoms with E-state index in [0.29, 0.717) is 38.4 Å².